The minimum absolute atomic E-state index is 0.538. The lowest BCUT2D eigenvalue weighted by Gasteiger charge is -2.34. The van der Waals surface area contributed by atoms with Crippen LogP contribution in [0.25, 0.3) is 0 Å². The number of nitrogens with zero attached hydrogens (tertiary/aromatic N) is 5. The van der Waals surface area contributed by atoms with Gasteiger partial charge in [-0.3, -0.25) is 4.90 Å². The zero-order chi connectivity index (χ0) is 17.6. The van der Waals surface area contributed by atoms with Crippen LogP contribution in [0.3, 0.4) is 0 Å². The third kappa shape index (κ3) is 4.49. The van der Waals surface area contributed by atoms with Gasteiger partial charge >= 0.3 is 0 Å². The topological polar surface area (TPSA) is 57.2 Å². The minimum Gasteiger partial charge on any atom is -0.366 e. The molecule has 26 heavy (non-hydrogen) atoms. The van der Waals surface area contributed by atoms with Crippen molar-refractivity contribution in [1.29, 1.82) is 0 Å². The Labute approximate surface area is 155 Å². The van der Waals surface area contributed by atoms with E-state index in [1.54, 1.807) is 6.20 Å². The molecule has 0 bridgehead atoms. The van der Waals surface area contributed by atoms with E-state index in [0.717, 1.165) is 44.5 Å². The van der Waals surface area contributed by atoms with E-state index in [0.29, 0.717) is 6.04 Å². The van der Waals surface area contributed by atoms with Gasteiger partial charge in [0.05, 0.1) is 6.20 Å². The van der Waals surface area contributed by atoms with Crippen LogP contribution in [0.1, 0.15) is 37.7 Å². The van der Waals surface area contributed by atoms with Crippen molar-refractivity contribution in [3.63, 3.8) is 0 Å². The number of anilines is 2. The summed E-state index contributed by atoms with van der Waals surface area (Å²) >= 11 is 0. The summed E-state index contributed by atoms with van der Waals surface area (Å²) in [7, 11) is 0. The monoisotopic (exact) mass is 352 g/mol. The van der Waals surface area contributed by atoms with Gasteiger partial charge in [0.25, 0.3) is 0 Å². The highest BCUT2D eigenvalue weighted by molar-refractivity contribution is 5.40. The SMILES string of the molecule is c1ccc(CN2CCN(c3nncc(NC4CCCCC4)n3)CC2)cc1. The molecule has 1 saturated carbocycles. The molecule has 1 aromatic carbocycles. The van der Waals surface area contributed by atoms with Gasteiger partial charge < -0.3 is 10.2 Å². The second kappa shape index (κ2) is 8.45. The zero-order valence-corrected chi connectivity index (χ0v) is 15.3. The molecule has 0 unspecified atom stereocenters. The van der Waals surface area contributed by atoms with Crippen LogP contribution in [-0.2, 0) is 6.54 Å². The summed E-state index contributed by atoms with van der Waals surface area (Å²) in [4.78, 5) is 9.46. The Bertz CT molecular complexity index is 678. The normalized spacial score (nSPS) is 19.5. The highest BCUT2D eigenvalue weighted by atomic mass is 15.4. The van der Waals surface area contributed by atoms with Crippen LogP contribution in [0.15, 0.2) is 36.5 Å². The smallest absolute Gasteiger partial charge is 0.247 e. The first-order chi connectivity index (χ1) is 12.9. The number of nitrogens with one attached hydrogen (secondary N) is 1. The lowest BCUT2D eigenvalue weighted by Crippen LogP contribution is -2.46. The van der Waals surface area contributed by atoms with Crippen LogP contribution in [0.4, 0.5) is 11.8 Å². The average Bonchev–Trinajstić information content (AvgIpc) is 2.70. The Morgan fingerprint density at radius 1 is 0.962 bits per heavy atom. The number of hydrogen-bond acceptors (Lipinski definition) is 6. The second-order valence-corrected chi connectivity index (χ2v) is 7.37. The van der Waals surface area contributed by atoms with Gasteiger partial charge in [0, 0.05) is 38.8 Å². The van der Waals surface area contributed by atoms with Crippen molar-refractivity contribution in [3.8, 4) is 0 Å². The number of hydrogen-bond donors (Lipinski definition) is 1. The fourth-order valence-corrected chi connectivity index (χ4v) is 3.90. The first-order valence-electron chi connectivity index (χ1n) is 9.84. The molecule has 138 valence electrons. The van der Waals surface area contributed by atoms with Gasteiger partial charge in [-0.05, 0) is 18.4 Å². The lowest BCUT2D eigenvalue weighted by atomic mass is 9.96. The molecule has 1 aliphatic carbocycles. The van der Waals surface area contributed by atoms with E-state index >= 15 is 0 Å². The summed E-state index contributed by atoms with van der Waals surface area (Å²) in [5, 5.41) is 12.0. The highest BCUT2D eigenvalue weighted by Gasteiger charge is 2.20. The quantitative estimate of drug-likeness (QED) is 0.893. The fourth-order valence-electron chi connectivity index (χ4n) is 3.90. The number of benzene rings is 1. The Hall–Kier alpha value is -2.21. The van der Waals surface area contributed by atoms with Gasteiger partial charge in [0.1, 0.15) is 0 Å². The maximum atomic E-state index is 4.72. The molecular weight excluding hydrogens is 324 g/mol. The first kappa shape index (κ1) is 17.2. The third-order valence-electron chi connectivity index (χ3n) is 5.41. The van der Waals surface area contributed by atoms with Crippen molar-refractivity contribution < 1.29 is 0 Å². The molecule has 2 aliphatic rings. The van der Waals surface area contributed by atoms with Crippen LogP contribution in [0.5, 0.6) is 0 Å². The van der Waals surface area contributed by atoms with Crippen molar-refractivity contribution >= 4 is 11.8 Å². The molecule has 0 atom stereocenters. The highest BCUT2D eigenvalue weighted by Crippen LogP contribution is 2.21. The minimum atomic E-state index is 0.538. The van der Waals surface area contributed by atoms with Gasteiger partial charge in [-0.2, -0.15) is 10.1 Å². The Morgan fingerprint density at radius 3 is 2.50 bits per heavy atom. The predicted molar refractivity (Wildman–Crippen MR) is 104 cm³/mol. The lowest BCUT2D eigenvalue weighted by molar-refractivity contribution is 0.248. The second-order valence-electron chi connectivity index (χ2n) is 7.37. The van der Waals surface area contributed by atoms with E-state index in [-0.39, 0.29) is 0 Å². The van der Waals surface area contributed by atoms with Crippen molar-refractivity contribution in [1.82, 2.24) is 20.1 Å². The van der Waals surface area contributed by atoms with E-state index in [9.17, 15) is 0 Å². The number of rotatable bonds is 5. The summed E-state index contributed by atoms with van der Waals surface area (Å²) in [6.45, 7) is 4.96. The molecule has 6 heteroatoms. The van der Waals surface area contributed by atoms with Crippen molar-refractivity contribution in [2.45, 2.75) is 44.7 Å². The van der Waals surface area contributed by atoms with Crippen LogP contribution >= 0.6 is 0 Å². The Morgan fingerprint density at radius 2 is 1.73 bits per heavy atom. The maximum Gasteiger partial charge on any atom is 0.247 e. The van der Waals surface area contributed by atoms with Gasteiger partial charge in [-0.1, -0.05) is 49.6 Å². The number of piperazine rings is 1. The molecule has 0 spiro atoms. The molecular formula is C20H28N6. The predicted octanol–water partition coefficient (Wildman–Crippen LogP) is 2.94. The summed E-state index contributed by atoms with van der Waals surface area (Å²) in [5.41, 5.74) is 1.37. The molecule has 1 aromatic heterocycles. The van der Waals surface area contributed by atoms with Crippen LogP contribution in [-0.4, -0.2) is 52.3 Å². The van der Waals surface area contributed by atoms with Crippen molar-refractivity contribution in [2.75, 3.05) is 36.4 Å². The summed E-state index contributed by atoms with van der Waals surface area (Å²) in [5.74, 6) is 1.62. The molecule has 1 saturated heterocycles. The molecule has 2 aromatic rings. The van der Waals surface area contributed by atoms with Gasteiger partial charge in [-0.25, -0.2) is 0 Å². The molecule has 0 amide bonds. The Balaban J connectivity index is 1.31. The van der Waals surface area contributed by atoms with E-state index in [2.05, 4.69) is 55.6 Å². The van der Waals surface area contributed by atoms with Crippen LogP contribution in [0.2, 0.25) is 0 Å². The average molecular weight is 352 g/mol. The maximum absolute atomic E-state index is 4.72. The standard InChI is InChI=1S/C20H28N6/c1-3-7-17(8-4-1)16-25-11-13-26(14-12-25)20-23-19(15-21-24-20)22-18-9-5-2-6-10-18/h1,3-4,7-8,15,18H,2,5-6,9-14,16H2,(H,22,23,24). The number of aromatic nitrogens is 3. The Kier molecular flexibility index (Phi) is 5.59. The van der Waals surface area contributed by atoms with Gasteiger partial charge in [-0.15, -0.1) is 5.10 Å². The summed E-state index contributed by atoms with van der Waals surface area (Å²) in [6.07, 6.45) is 8.20. The van der Waals surface area contributed by atoms with E-state index < -0.39 is 0 Å². The van der Waals surface area contributed by atoms with Gasteiger partial charge in [0.2, 0.25) is 5.95 Å². The first-order valence-corrected chi connectivity index (χ1v) is 9.84. The summed E-state index contributed by atoms with van der Waals surface area (Å²) < 4.78 is 0. The fraction of sp³-hybridized carbons (Fsp3) is 0.550. The van der Waals surface area contributed by atoms with E-state index in [1.807, 2.05) is 0 Å². The summed E-state index contributed by atoms with van der Waals surface area (Å²) in [6, 6.07) is 11.2. The molecule has 2 heterocycles. The molecule has 2 fully saturated rings. The van der Waals surface area contributed by atoms with E-state index in [1.165, 1.54) is 37.7 Å². The van der Waals surface area contributed by atoms with Crippen molar-refractivity contribution in [3.05, 3.63) is 42.1 Å². The van der Waals surface area contributed by atoms with E-state index in [4.69, 9.17) is 4.98 Å². The molecule has 1 aliphatic heterocycles. The van der Waals surface area contributed by atoms with Gasteiger partial charge in [0.15, 0.2) is 5.82 Å². The molecule has 4 rings (SSSR count). The van der Waals surface area contributed by atoms with Crippen molar-refractivity contribution in [2.24, 2.45) is 0 Å². The largest absolute Gasteiger partial charge is 0.366 e. The zero-order valence-electron chi connectivity index (χ0n) is 15.3. The van der Waals surface area contributed by atoms with Crippen LogP contribution < -0.4 is 10.2 Å². The molecule has 6 nitrogen and oxygen atoms in total. The molecule has 0 radical (unpaired) electrons. The van der Waals surface area contributed by atoms with Crippen LogP contribution in [0, 0.1) is 0 Å². The molecule has 1 N–H and O–H groups in total. The third-order valence-corrected chi connectivity index (χ3v) is 5.41.